The van der Waals surface area contributed by atoms with Crippen LogP contribution in [-0.2, 0) is 17.6 Å². The van der Waals surface area contributed by atoms with Crippen LogP contribution < -0.4 is 10.6 Å². The molecule has 0 aliphatic heterocycles. The van der Waals surface area contributed by atoms with Crippen molar-refractivity contribution in [3.8, 4) is 11.1 Å². The molecule has 2 aromatic carbocycles. The third-order valence-electron chi connectivity index (χ3n) is 5.29. The highest BCUT2D eigenvalue weighted by atomic mass is 16.6. The van der Waals surface area contributed by atoms with E-state index in [0.29, 0.717) is 6.42 Å². The summed E-state index contributed by atoms with van der Waals surface area (Å²) in [5.74, 6) is 0. The van der Waals surface area contributed by atoms with Crippen LogP contribution in [0.2, 0.25) is 0 Å². The average Bonchev–Trinajstić information content (AvgIpc) is 2.96. The van der Waals surface area contributed by atoms with Gasteiger partial charge in [-0.3, -0.25) is 0 Å². The van der Waals surface area contributed by atoms with Crippen molar-refractivity contribution in [2.45, 2.75) is 59.0 Å². The predicted octanol–water partition coefficient (Wildman–Crippen LogP) is 5.30. The minimum atomic E-state index is -0.727. The summed E-state index contributed by atoms with van der Waals surface area (Å²) in [5, 5.41) is 0. The van der Waals surface area contributed by atoms with E-state index in [1.165, 1.54) is 27.9 Å². The maximum Gasteiger partial charge on any atom is 0.405 e. The molecule has 4 heteroatoms. The van der Waals surface area contributed by atoms with Gasteiger partial charge in [0.15, 0.2) is 0 Å². The average molecular weight is 381 g/mol. The second-order valence-corrected chi connectivity index (χ2v) is 8.35. The molecule has 0 fully saturated rings. The van der Waals surface area contributed by atoms with Crippen LogP contribution in [0.25, 0.3) is 11.1 Å². The number of hydrogen-bond acceptors (Lipinski definition) is 3. The standard InChI is InChI=1S/C24H32N2O2/c1-5-11-26(12-6-2)20-8-10-22-19(15-20)14-18-13-17(7-9-21(18)22)16-24(3,4)28-23(25)27/h7-10,13,15H,5-6,11-12,14,16H2,1-4H3,(H2,25,27). The first-order chi connectivity index (χ1) is 13.3. The van der Waals surface area contributed by atoms with E-state index in [0.717, 1.165) is 37.9 Å². The van der Waals surface area contributed by atoms with E-state index in [2.05, 4.69) is 55.1 Å². The van der Waals surface area contributed by atoms with Gasteiger partial charge in [-0.2, -0.15) is 0 Å². The molecular formula is C24H32N2O2. The number of rotatable bonds is 8. The van der Waals surface area contributed by atoms with Crippen molar-refractivity contribution in [2.24, 2.45) is 5.73 Å². The van der Waals surface area contributed by atoms with Crippen molar-refractivity contribution in [3.05, 3.63) is 53.1 Å². The van der Waals surface area contributed by atoms with Gasteiger partial charge < -0.3 is 15.4 Å². The van der Waals surface area contributed by atoms with Gasteiger partial charge in [-0.15, -0.1) is 0 Å². The Morgan fingerprint density at radius 2 is 1.64 bits per heavy atom. The summed E-state index contributed by atoms with van der Waals surface area (Å²) in [7, 11) is 0. The number of amides is 1. The third-order valence-corrected chi connectivity index (χ3v) is 5.29. The number of benzene rings is 2. The molecule has 1 amide bonds. The molecule has 0 heterocycles. The first-order valence-electron chi connectivity index (χ1n) is 10.3. The van der Waals surface area contributed by atoms with Crippen LogP contribution in [-0.4, -0.2) is 24.8 Å². The van der Waals surface area contributed by atoms with Crippen LogP contribution in [0.5, 0.6) is 0 Å². The zero-order chi connectivity index (χ0) is 20.3. The van der Waals surface area contributed by atoms with Crippen LogP contribution in [0, 0.1) is 0 Å². The monoisotopic (exact) mass is 380 g/mol. The summed E-state index contributed by atoms with van der Waals surface area (Å²) >= 11 is 0. The summed E-state index contributed by atoms with van der Waals surface area (Å²) in [5.41, 5.74) is 12.5. The van der Waals surface area contributed by atoms with Gasteiger partial charge in [0.25, 0.3) is 0 Å². The summed E-state index contributed by atoms with van der Waals surface area (Å²) in [4.78, 5) is 13.6. The van der Waals surface area contributed by atoms with Crippen LogP contribution in [0.1, 0.15) is 57.2 Å². The Morgan fingerprint density at radius 1 is 1.04 bits per heavy atom. The van der Waals surface area contributed by atoms with E-state index in [-0.39, 0.29) is 0 Å². The molecule has 2 N–H and O–H groups in total. The van der Waals surface area contributed by atoms with E-state index in [4.69, 9.17) is 10.5 Å². The molecule has 1 aliphatic rings. The van der Waals surface area contributed by atoms with Gasteiger partial charge in [0, 0.05) is 25.2 Å². The topological polar surface area (TPSA) is 55.6 Å². The smallest absolute Gasteiger partial charge is 0.405 e. The van der Waals surface area contributed by atoms with E-state index in [1.807, 2.05) is 13.8 Å². The van der Waals surface area contributed by atoms with Gasteiger partial charge in [0.1, 0.15) is 5.60 Å². The molecular weight excluding hydrogens is 348 g/mol. The number of fused-ring (bicyclic) bond motifs is 3. The fourth-order valence-corrected chi connectivity index (χ4v) is 4.27. The first-order valence-corrected chi connectivity index (χ1v) is 10.3. The highest BCUT2D eigenvalue weighted by molar-refractivity contribution is 5.79. The van der Waals surface area contributed by atoms with Crippen molar-refractivity contribution < 1.29 is 9.53 Å². The zero-order valence-corrected chi connectivity index (χ0v) is 17.5. The Morgan fingerprint density at radius 3 is 2.25 bits per heavy atom. The number of ether oxygens (including phenoxy) is 1. The number of anilines is 1. The molecule has 3 rings (SSSR count). The van der Waals surface area contributed by atoms with Crippen LogP contribution in [0.15, 0.2) is 36.4 Å². The maximum atomic E-state index is 11.1. The minimum Gasteiger partial charge on any atom is -0.443 e. The molecule has 0 saturated heterocycles. The van der Waals surface area contributed by atoms with Crippen molar-refractivity contribution in [1.29, 1.82) is 0 Å². The molecule has 1 aliphatic carbocycles. The van der Waals surface area contributed by atoms with E-state index >= 15 is 0 Å². The molecule has 0 bridgehead atoms. The number of nitrogens with zero attached hydrogens (tertiary/aromatic N) is 1. The number of primary amides is 1. The maximum absolute atomic E-state index is 11.1. The number of hydrogen-bond donors (Lipinski definition) is 1. The van der Waals surface area contributed by atoms with Crippen molar-refractivity contribution >= 4 is 11.8 Å². The fraction of sp³-hybridized carbons (Fsp3) is 0.458. The second-order valence-electron chi connectivity index (χ2n) is 8.35. The van der Waals surface area contributed by atoms with E-state index < -0.39 is 11.7 Å². The van der Waals surface area contributed by atoms with E-state index in [9.17, 15) is 4.79 Å². The van der Waals surface area contributed by atoms with Gasteiger partial charge in [0.2, 0.25) is 0 Å². The minimum absolute atomic E-state index is 0.612. The third kappa shape index (κ3) is 4.49. The highest BCUT2D eigenvalue weighted by Gasteiger charge is 2.25. The van der Waals surface area contributed by atoms with Crippen molar-refractivity contribution in [1.82, 2.24) is 0 Å². The van der Waals surface area contributed by atoms with Crippen molar-refractivity contribution in [2.75, 3.05) is 18.0 Å². The Hall–Kier alpha value is -2.49. The molecule has 0 aromatic heterocycles. The number of nitrogens with two attached hydrogens (primary N) is 1. The Bertz CT molecular complexity index is 852. The lowest BCUT2D eigenvalue weighted by Crippen LogP contribution is -2.33. The second kappa shape index (κ2) is 8.26. The van der Waals surface area contributed by atoms with Gasteiger partial charge in [0.05, 0.1) is 0 Å². The first kappa shape index (κ1) is 20.2. The molecule has 2 aromatic rings. The van der Waals surface area contributed by atoms with Crippen LogP contribution in [0.3, 0.4) is 0 Å². The number of carbonyl (C=O) groups is 1. The molecule has 4 nitrogen and oxygen atoms in total. The molecule has 0 radical (unpaired) electrons. The number of carbonyl (C=O) groups excluding carboxylic acids is 1. The van der Waals surface area contributed by atoms with Gasteiger partial charge >= 0.3 is 6.09 Å². The van der Waals surface area contributed by atoms with Gasteiger partial charge in [-0.05, 0) is 73.1 Å². The Balaban J connectivity index is 1.82. The van der Waals surface area contributed by atoms with Gasteiger partial charge in [-0.1, -0.05) is 38.1 Å². The van der Waals surface area contributed by atoms with Crippen LogP contribution >= 0.6 is 0 Å². The fourth-order valence-electron chi connectivity index (χ4n) is 4.27. The normalized spacial score (nSPS) is 12.4. The van der Waals surface area contributed by atoms with Crippen LogP contribution in [0.4, 0.5) is 10.5 Å². The zero-order valence-electron chi connectivity index (χ0n) is 17.5. The largest absolute Gasteiger partial charge is 0.443 e. The highest BCUT2D eigenvalue weighted by Crippen LogP contribution is 2.39. The molecule has 0 spiro atoms. The lowest BCUT2D eigenvalue weighted by Gasteiger charge is -2.24. The summed E-state index contributed by atoms with van der Waals surface area (Å²) in [6, 6.07) is 13.5. The summed E-state index contributed by atoms with van der Waals surface area (Å²) in [6.07, 6.45) is 3.18. The SMILES string of the molecule is CCCN(CCC)c1ccc2c(c1)Cc1cc(CC(C)(C)OC(N)=O)ccc1-2. The molecule has 0 saturated carbocycles. The van der Waals surface area contributed by atoms with Crippen molar-refractivity contribution in [3.63, 3.8) is 0 Å². The van der Waals surface area contributed by atoms with Gasteiger partial charge in [-0.25, -0.2) is 4.79 Å². The predicted molar refractivity (Wildman–Crippen MR) is 116 cm³/mol. The lowest BCUT2D eigenvalue weighted by molar-refractivity contribution is 0.0460. The summed E-state index contributed by atoms with van der Waals surface area (Å²) < 4.78 is 5.24. The Kier molecular flexibility index (Phi) is 5.97. The quantitative estimate of drug-likeness (QED) is 0.577. The summed E-state index contributed by atoms with van der Waals surface area (Å²) in [6.45, 7) is 10.4. The lowest BCUT2D eigenvalue weighted by atomic mass is 9.95. The molecule has 150 valence electrons. The molecule has 0 unspecified atom stereocenters. The van der Waals surface area contributed by atoms with E-state index in [1.54, 1.807) is 0 Å². The molecule has 28 heavy (non-hydrogen) atoms. The molecule has 0 atom stereocenters. The Labute approximate surface area is 168 Å².